The third-order valence-corrected chi connectivity index (χ3v) is 5.05. The van der Waals surface area contributed by atoms with Crippen LogP contribution >= 0.6 is 35.2 Å². The molecule has 3 rings (SSSR count). The Balaban J connectivity index is 1.62. The summed E-state index contributed by atoms with van der Waals surface area (Å²) in [6, 6.07) is 12.9. The lowest BCUT2D eigenvalue weighted by molar-refractivity contribution is 0.0977. The second kappa shape index (κ2) is 9.14. The highest BCUT2D eigenvalue weighted by Gasteiger charge is 2.12. The second-order valence-corrected chi connectivity index (χ2v) is 7.56. The Labute approximate surface area is 177 Å². The molecule has 0 spiro atoms. The molecule has 0 fully saturated rings. The van der Waals surface area contributed by atoms with Crippen LogP contribution in [-0.4, -0.2) is 22.6 Å². The zero-order valence-corrected chi connectivity index (χ0v) is 17.7. The van der Waals surface area contributed by atoms with Crippen molar-refractivity contribution in [3.63, 3.8) is 0 Å². The largest absolute Gasteiger partial charge is 0.492 e. The first-order valence-electron chi connectivity index (χ1n) is 8.53. The molecule has 0 atom stereocenters. The van der Waals surface area contributed by atoms with Crippen LogP contribution in [0.3, 0.4) is 0 Å². The van der Waals surface area contributed by atoms with Gasteiger partial charge in [-0.15, -0.1) is 11.3 Å². The Hall–Kier alpha value is -2.48. The van der Waals surface area contributed by atoms with Gasteiger partial charge in [0.2, 0.25) is 0 Å². The number of carbonyl (C=O) groups is 1. The van der Waals surface area contributed by atoms with E-state index in [9.17, 15) is 4.79 Å². The van der Waals surface area contributed by atoms with Gasteiger partial charge in [0.15, 0.2) is 10.2 Å². The molecule has 2 N–H and O–H groups in total. The Morgan fingerprint density at radius 1 is 1.25 bits per heavy atom. The second-order valence-electron chi connectivity index (χ2n) is 5.89. The lowest BCUT2D eigenvalue weighted by Gasteiger charge is -2.09. The summed E-state index contributed by atoms with van der Waals surface area (Å²) < 4.78 is 5.37. The van der Waals surface area contributed by atoms with Gasteiger partial charge in [-0.2, -0.15) is 0 Å². The van der Waals surface area contributed by atoms with Crippen molar-refractivity contribution in [3.05, 3.63) is 64.0 Å². The number of anilines is 1. The monoisotopic (exact) mass is 431 g/mol. The van der Waals surface area contributed by atoms with Gasteiger partial charge in [0, 0.05) is 16.5 Å². The Bertz CT molecular complexity index is 1000. The van der Waals surface area contributed by atoms with Gasteiger partial charge < -0.3 is 10.1 Å². The Kier molecular flexibility index (Phi) is 6.61. The molecule has 0 unspecified atom stereocenters. The van der Waals surface area contributed by atoms with E-state index in [1.807, 2.05) is 43.5 Å². The van der Waals surface area contributed by atoms with Crippen LogP contribution in [0.5, 0.6) is 5.75 Å². The van der Waals surface area contributed by atoms with E-state index in [2.05, 4.69) is 15.6 Å². The number of carbonyl (C=O) groups excluding carboxylic acids is 1. The lowest BCUT2D eigenvalue weighted by Crippen LogP contribution is -2.34. The number of nitrogens with one attached hydrogen (secondary N) is 2. The molecule has 0 bridgehead atoms. The van der Waals surface area contributed by atoms with Crippen LogP contribution in [0.1, 0.15) is 22.8 Å². The van der Waals surface area contributed by atoms with Gasteiger partial charge in [-0.05, 0) is 44.3 Å². The number of nitrogens with zero attached hydrogens (tertiary/aromatic N) is 1. The van der Waals surface area contributed by atoms with Crippen molar-refractivity contribution < 1.29 is 9.53 Å². The van der Waals surface area contributed by atoms with E-state index < -0.39 is 0 Å². The SMILES string of the molecule is CCOc1ccc(C(=O)NC(=S)Nc2nc(-c3ccc(C)cc3)cs2)cc1Cl. The predicted octanol–water partition coefficient (Wildman–Crippen LogP) is 5.30. The standard InChI is InChI=1S/C20H18ClN3O2S2/c1-3-26-17-9-8-14(10-15(17)21)18(25)23-19(27)24-20-22-16(11-28-20)13-6-4-12(2)5-7-13/h4-11H,3H2,1-2H3,(H2,22,23,24,25,27). The predicted molar refractivity (Wildman–Crippen MR) is 119 cm³/mol. The molecule has 0 aliphatic carbocycles. The summed E-state index contributed by atoms with van der Waals surface area (Å²) in [4.78, 5) is 16.9. The van der Waals surface area contributed by atoms with E-state index in [0.29, 0.717) is 28.1 Å². The van der Waals surface area contributed by atoms with Gasteiger partial charge in [0.25, 0.3) is 5.91 Å². The summed E-state index contributed by atoms with van der Waals surface area (Å²) in [5.74, 6) is 0.172. The minimum Gasteiger partial charge on any atom is -0.492 e. The first kappa shape index (κ1) is 20.3. The van der Waals surface area contributed by atoms with Crippen molar-refractivity contribution >= 4 is 51.3 Å². The van der Waals surface area contributed by atoms with E-state index in [0.717, 1.165) is 11.3 Å². The average Bonchev–Trinajstić information content (AvgIpc) is 3.12. The summed E-state index contributed by atoms with van der Waals surface area (Å²) in [5, 5.41) is 8.64. The summed E-state index contributed by atoms with van der Waals surface area (Å²) in [7, 11) is 0. The maximum atomic E-state index is 12.4. The highest BCUT2D eigenvalue weighted by molar-refractivity contribution is 7.80. The molecular weight excluding hydrogens is 414 g/mol. The number of rotatable bonds is 5. The molecule has 0 aliphatic rings. The molecule has 1 aromatic heterocycles. The van der Waals surface area contributed by atoms with Crippen molar-refractivity contribution in [2.24, 2.45) is 0 Å². The van der Waals surface area contributed by atoms with E-state index in [1.165, 1.54) is 16.9 Å². The van der Waals surface area contributed by atoms with Crippen molar-refractivity contribution in [1.82, 2.24) is 10.3 Å². The number of aryl methyl sites for hydroxylation is 1. The maximum absolute atomic E-state index is 12.4. The zero-order valence-electron chi connectivity index (χ0n) is 15.3. The summed E-state index contributed by atoms with van der Waals surface area (Å²) in [6.07, 6.45) is 0. The van der Waals surface area contributed by atoms with Gasteiger partial charge in [-0.1, -0.05) is 41.4 Å². The lowest BCUT2D eigenvalue weighted by atomic mass is 10.1. The number of thiocarbonyl (C=S) groups is 1. The van der Waals surface area contributed by atoms with Crippen LogP contribution in [0.15, 0.2) is 47.8 Å². The fourth-order valence-electron chi connectivity index (χ4n) is 2.41. The highest BCUT2D eigenvalue weighted by atomic mass is 35.5. The third-order valence-electron chi connectivity index (χ3n) is 3.79. The maximum Gasteiger partial charge on any atom is 0.257 e. The molecule has 0 saturated heterocycles. The van der Waals surface area contributed by atoms with E-state index >= 15 is 0 Å². The molecule has 1 amide bonds. The molecular formula is C20H18ClN3O2S2. The first-order chi connectivity index (χ1) is 13.5. The van der Waals surface area contributed by atoms with E-state index in [1.54, 1.807) is 18.2 Å². The number of benzene rings is 2. The molecule has 144 valence electrons. The number of aromatic nitrogens is 1. The van der Waals surface area contributed by atoms with E-state index in [4.69, 9.17) is 28.6 Å². The number of thiazole rings is 1. The average molecular weight is 432 g/mol. The van der Waals surface area contributed by atoms with Crippen LogP contribution in [0, 0.1) is 6.92 Å². The van der Waals surface area contributed by atoms with Gasteiger partial charge in [0.1, 0.15) is 5.75 Å². The molecule has 0 radical (unpaired) electrons. The molecule has 1 heterocycles. The Morgan fingerprint density at radius 2 is 2.00 bits per heavy atom. The smallest absolute Gasteiger partial charge is 0.257 e. The topological polar surface area (TPSA) is 63.2 Å². The fourth-order valence-corrected chi connectivity index (χ4v) is 3.62. The van der Waals surface area contributed by atoms with Crippen LogP contribution < -0.4 is 15.4 Å². The highest BCUT2D eigenvalue weighted by Crippen LogP contribution is 2.26. The normalized spacial score (nSPS) is 10.4. The number of hydrogen-bond acceptors (Lipinski definition) is 5. The van der Waals surface area contributed by atoms with Gasteiger partial charge >= 0.3 is 0 Å². The molecule has 28 heavy (non-hydrogen) atoms. The molecule has 2 aromatic carbocycles. The number of amides is 1. The fraction of sp³-hybridized carbons (Fsp3) is 0.150. The molecule has 0 aliphatic heterocycles. The molecule has 0 saturated carbocycles. The zero-order chi connectivity index (χ0) is 20.1. The quantitative estimate of drug-likeness (QED) is 0.537. The minimum absolute atomic E-state index is 0.166. The summed E-state index contributed by atoms with van der Waals surface area (Å²) in [6.45, 7) is 4.40. The van der Waals surface area contributed by atoms with Gasteiger partial charge in [-0.25, -0.2) is 4.98 Å². The molecule has 3 aromatic rings. The Morgan fingerprint density at radius 3 is 2.68 bits per heavy atom. The van der Waals surface area contributed by atoms with Gasteiger partial charge in [-0.3, -0.25) is 10.1 Å². The van der Waals surface area contributed by atoms with Crippen LogP contribution in [0.4, 0.5) is 5.13 Å². The number of ether oxygens (including phenoxy) is 1. The molecule has 5 nitrogen and oxygen atoms in total. The third kappa shape index (κ3) is 5.07. The van der Waals surface area contributed by atoms with Crippen molar-refractivity contribution in [2.75, 3.05) is 11.9 Å². The van der Waals surface area contributed by atoms with Gasteiger partial charge in [0.05, 0.1) is 17.3 Å². The number of hydrogen-bond donors (Lipinski definition) is 2. The van der Waals surface area contributed by atoms with Crippen LogP contribution in [0.25, 0.3) is 11.3 Å². The van der Waals surface area contributed by atoms with Crippen molar-refractivity contribution in [3.8, 4) is 17.0 Å². The summed E-state index contributed by atoms with van der Waals surface area (Å²) in [5.41, 5.74) is 3.45. The van der Waals surface area contributed by atoms with E-state index in [-0.39, 0.29) is 11.0 Å². The van der Waals surface area contributed by atoms with Crippen molar-refractivity contribution in [1.29, 1.82) is 0 Å². The summed E-state index contributed by atoms with van der Waals surface area (Å²) >= 11 is 12.8. The number of halogens is 1. The minimum atomic E-state index is -0.363. The molecule has 8 heteroatoms. The van der Waals surface area contributed by atoms with Crippen LogP contribution in [-0.2, 0) is 0 Å². The first-order valence-corrected chi connectivity index (χ1v) is 10.2. The van der Waals surface area contributed by atoms with Crippen LogP contribution in [0.2, 0.25) is 5.02 Å². The van der Waals surface area contributed by atoms with Crippen molar-refractivity contribution in [2.45, 2.75) is 13.8 Å².